The van der Waals surface area contributed by atoms with E-state index < -0.39 is 47.3 Å². The van der Waals surface area contributed by atoms with Crippen molar-refractivity contribution < 1.29 is 57.3 Å². The molecule has 0 unspecified atom stereocenters. The number of anilines is 2. The van der Waals surface area contributed by atoms with Gasteiger partial charge in [-0.15, -0.1) is 0 Å². The lowest BCUT2D eigenvalue weighted by Gasteiger charge is -2.32. The van der Waals surface area contributed by atoms with E-state index in [0.717, 1.165) is 44.5 Å². The first-order valence-electron chi connectivity index (χ1n) is 44.0. The van der Waals surface area contributed by atoms with E-state index in [2.05, 4.69) is 111 Å². The zero-order valence-corrected chi connectivity index (χ0v) is 73.2. The number of hydrogen-bond donors (Lipinski definition) is 0. The highest BCUT2D eigenvalue weighted by molar-refractivity contribution is 6.48. The Morgan fingerprint density at radius 3 is 0.635 bits per heavy atom. The maximum atomic E-state index is 16.4. The molecule has 0 atom stereocenters. The SMILES string of the molecule is CC(C)c1cccc(C(C)C)c1Oc1cc2c3c4ccc5c6c(Oc7c(C(C)C)cccc7C(C)C)cc7c8c(ccc(c1c35)c86)C(=O)N(Cc1ccc(cc1)N1C(=O)c3ccc5c6c(Oc8c(C(C)C)cccc8C(C)C)cc8c9c(ccc(c%10c(Oc%11c(C(C)C)cccc%11C(C)C)cc(c3c5%10)C1=O)c96)C(=O)N(C8=O)c1ccc(cc1)CN(C4=O)C2=O)C7=O. The molecule has 16 aromatic rings. The standard InChI is InChI=1S/C110H92N4O12/c1-51(2)63-21-17-22-64(52(3)4)99(63)123-83-45-79-87-75-42-38-72-92-84(124-100-65(53(5)6)23-18-24-66(100)54(7)8)46-80-88-76(41-37-71(96(88)92)91(83)95(72)87)104(116)112(106(80)118)50-60-31-35-62(36-32-60)114-108(120)78-44-40-74-93-85(125-101-67(55(9)10)25-19-26-68(101)56(11)12)47-81-89-77(107(119)113(109(81)121)61-33-29-59(30-34-61)49-111(103(75)115)105(79)117)43-39-73(97(89)93)94-86(48-82(110(114)122)90(78)98(74)94)126-102-69(57(13)14)27-20-28-70(102)58(15)16/h17-48,51-58H,49-50H2,1-16H3. The van der Waals surface area contributed by atoms with Crippen LogP contribution in [0.1, 0.15) is 297 Å². The summed E-state index contributed by atoms with van der Waals surface area (Å²) in [6, 6.07) is 59.4. The van der Waals surface area contributed by atoms with Crippen LogP contribution < -0.4 is 28.7 Å². The van der Waals surface area contributed by atoms with Crippen molar-refractivity contribution in [3.63, 3.8) is 0 Å². The first-order chi connectivity index (χ1) is 60.5. The van der Waals surface area contributed by atoms with Gasteiger partial charge < -0.3 is 18.9 Å². The minimum Gasteiger partial charge on any atom is -0.456 e. The molecule has 23 aliphatic heterocycles. The van der Waals surface area contributed by atoms with Crippen LogP contribution in [-0.2, 0) is 13.1 Å². The smallest absolute Gasteiger partial charge is 0.266 e. The van der Waals surface area contributed by atoms with E-state index >= 15 is 38.4 Å². The number of amides is 8. The predicted molar refractivity (Wildman–Crippen MR) is 498 cm³/mol. The van der Waals surface area contributed by atoms with Gasteiger partial charge >= 0.3 is 0 Å². The van der Waals surface area contributed by atoms with Gasteiger partial charge in [-0.1, -0.05) is 232 Å². The molecule has 0 saturated heterocycles. The third kappa shape index (κ3) is 11.4. The molecule has 8 amide bonds. The van der Waals surface area contributed by atoms with Gasteiger partial charge in [-0.2, -0.15) is 0 Å². The van der Waals surface area contributed by atoms with Gasteiger partial charge in [0.25, 0.3) is 47.3 Å². The lowest BCUT2D eigenvalue weighted by molar-refractivity contribution is 0.0583. The second kappa shape index (κ2) is 28.7. The quantitative estimate of drug-likeness (QED) is 0.0507. The molecule has 0 fully saturated rings. The molecule has 16 nitrogen and oxygen atoms in total. The Labute approximate surface area is 728 Å². The minimum atomic E-state index is -0.639. The normalized spacial score (nSPS) is 14.6. The first kappa shape index (κ1) is 79.1. The fourth-order valence-corrected chi connectivity index (χ4v) is 20.7. The highest BCUT2D eigenvalue weighted by atomic mass is 16.5. The van der Waals surface area contributed by atoms with Crippen LogP contribution in [0.2, 0.25) is 0 Å². The van der Waals surface area contributed by atoms with Crippen molar-refractivity contribution in [2.75, 3.05) is 9.80 Å². The number of nitrogens with zero attached hydrogens (tertiary/aromatic N) is 4. The molecule has 23 aliphatic rings. The summed E-state index contributed by atoms with van der Waals surface area (Å²) in [7, 11) is 0. The van der Waals surface area contributed by atoms with Crippen molar-refractivity contribution in [3.05, 3.63) is 294 Å². The summed E-state index contributed by atoms with van der Waals surface area (Å²) in [5.74, 6) is -1.50. The van der Waals surface area contributed by atoms with E-state index in [1.807, 2.05) is 97.1 Å². The molecule has 0 aromatic heterocycles. The van der Waals surface area contributed by atoms with Crippen LogP contribution in [0, 0.1) is 0 Å². The molecule has 32 bridgehead atoms. The number of imide groups is 4. The number of carbonyl (C=O) groups is 8. The van der Waals surface area contributed by atoms with Gasteiger partial charge in [0, 0.05) is 86.9 Å². The van der Waals surface area contributed by atoms with Crippen molar-refractivity contribution in [2.45, 2.75) is 171 Å². The second-order valence-electron chi connectivity index (χ2n) is 37.2. The summed E-state index contributed by atoms with van der Waals surface area (Å²) in [5, 5.41) is 8.02. The topological polar surface area (TPSA) is 186 Å². The van der Waals surface area contributed by atoms with Crippen molar-refractivity contribution in [3.8, 4) is 46.0 Å². The van der Waals surface area contributed by atoms with Crippen LogP contribution in [0.25, 0.3) is 86.2 Å². The summed E-state index contributed by atoms with van der Waals surface area (Å²) in [6.45, 7) is 33.2. The van der Waals surface area contributed by atoms with Gasteiger partial charge in [0.15, 0.2) is 0 Å². The molecule has 0 radical (unpaired) electrons. The fourth-order valence-electron chi connectivity index (χ4n) is 20.7. The summed E-state index contributed by atoms with van der Waals surface area (Å²) >= 11 is 0. The molecule has 16 aromatic carbocycles. The van der Waals surface area contributed by atoms with E-state index in [9.17, 15) is 0 Å². The Kier molecular flexibility index (Phi) is 18.0. The molecular formula is C110H92N4O12. The zero-order valence-electron chi connectivity index (χ0n) is 73.2. The van der Waals surface area contributed by atoms with Crippen LogP contribution in [-0.4, -0.2) is 57.1 Å². The molecule has 0 spiro atoms. The summed E-state index contributed by atoms with van der Waals surface area (Å²) < 4.78 is 30.4. The molecule has 23 heterocycles. The lowest BCUT2D eigenvalue weighted by Crippen LogP contribution is -2.41. The van der Waals surface area contributed by atoms with Gasteiger partial charge in [0.1, 0.15) is 46.0 Å². The van der Waals surface area contributed by atoms with E-state index in [4.69, 9.17) is 18.9 Å². The average molecular weight is 1660 g/mol. The third-order valence-electron chi connectivity index (χ3n) is 26.9. The Morgan fingerprint density at radius 1 is 0.214 bits per heavy atom. The zero-order chi connectivity index (χ0) is 87.8. The lowest BCUT2D eigenvalue weighted by atomic mass is 9.81. The van der Waals surface area contributed by atoms with E-state index in [-0.39, 0.29) is 128 Å². The molecule has 0 saturated carbocycles. The summed E-state index contributed by atoms with van der Waals surface area (Å²) in [4.78, 5) is 134. The van der Waals surface area contributed by atoms with Crippen molar-refractivity contribution in [1.29, 1.82) is 0 Å². The number of rotatable bonds is 16. The highest BCUT2D eigenvalue weighted by Gasteiger charge is 2.45. The molecule has 0 aliphatic carbocycles. The van der Waals surface area contributed by atoms with Crippen molar-refractivity contribution in [2.24, 2.45) is 0 Å². The summed E-state index contributed by atoms with van der Waals surface area (Å²) in [6.07, 6.45) is 0. The Balaban J connectivity index is 0.826. The van der Waals surface area contributed by atoms with Crippen LogP contribution in [0.4, 0.5) is 11.4 Å². The Morgan fingerprint density at radius 2 is 0.413 bits per heavy atom. The van der Waals surface area contributed by atoms with E-state index in [0.29, 0.717) is 132 Å². The van der Waals surface area contributed by atoms with Gasteiger partial charge in [0.2, 0.25) is 0 Å². The van der Waals surface area contributed by atoms with Crippen LogP contribution in [0.15, 0.2) is 194 Å². The minimum absolute atomic E-state index is 0.0287. The van der Waals surface area contributed by atoms with E-state index in [1.165, 1.54) is 19.6 Å². The van der Waals surface area contributed by atoms with Crippen molar-refractivity contribution in [1.82, 2.24) is 9.80 Å². The average Bonchev–Trinajstić information content (AvgIpc) is 0.681. The Bertz CT molecular complexity index is 7060. The number of para-hydroxylation sites is 4. The number of carbonyl (C=O) groups excluding carboxylic acids is 8. The first-order valence-corrected chi connectivity index (χ1v) is 44.0. The van der Waals surface area contributed by atoms with Crippen LogP contribution in [0.3, 0.4) is 0 Å². The van der Waals surface area contributed by atoms with Crippen LogP contribution in [0.5, 0.6) is 46.0 Å². The largest absolute Gasteiger partial charge is 0.456 e. The number of ether oxygens (including phenoxy) is 4. The number of hydrogen-bond acceptors (Lipinski definition) is 12. The highest BCUT2D eigenvalue weighted by Crippen LogP contribution is 2.59. The summed E-state index contributed by atoms with van der Waals surface area (Å²) in [5.41, 5.74) is 10.4. The molecule has 624 valence electrons. The van der Waals surface area contributed by atoms with E-state index in [1.54, 1.807) is 97.1 Å². The molecule has 16 heteroatoms. The molecular weight excluding hydrogens is 1570 g/mol. The van der Waals surface area contributed by atoms with Crippen molar-refractivity contribution >= 4 is 145 Å². The third-order valence-corrected chi connectivity index (χ3v) is 26.9. The molecule has 0 N–H and O–H groups in total. The van der Waals surface area contributed by atoms with Gasteiger partial charge in [0.05, 0.1) is 46.7 Å². The maximum absolute atomic E-state index is 16.4. The Hall–Kier alpha value is -14.1. The second-order valence-corrected chi connectivity index (χ2v) is 37.2. The molecule has 39 rings (SSSR count). The molecule has 126 heavy (non-hydrogen) atoms. The van der Waals surface area contributed by atoms with Gasteiger partial charge in [-0.05, 0) is 197 Å². The number of benzene rings is 16. The maximum Gasteiger partial charge on any atom is 0.266 e. The predicted octanol–water partition coefficient (Wildman–Crippen LogP) is 27.5. The van der Waals surface area contributed by atoms with Crippen LogP contribution >= 0.6 is 0 Å². The van der Waals surface area contributed by atoms with Gasteiger partial charge in [-0.25, -0.2) is 9.80 Å². The fraction of sp³-hybridized carbons (Fsp3) is 0.236. The van der Waals surface area contributed by atoms with Gasteiger partial charge in [-0.3, -0.25) is 48.2 Å². The monoisotopic (exact) mass is 1660 g/mol.